The van der Waals surface area contributed by atoms with Crippen LogP contribution < -0.4 is 10.4 Å². The monoisotopic (exact) mass is 175 g/mol. The summed E-state index contributed by atoms with van der Waals surface area (Å²) in [5, 5.41) is 12.2. The van der Waals surface area contributed by atoms with Gasteiger partial charge in [-0.1, -0.05) is 20.3 Å². The van der Waals surface area contributed by atoms with Gasteiger partial charge in [0.2, 0.25) is 0 Å². The Balaban J connectivity index is 0. The van der Waals surface area contributed by atoms with Gasteiger partial charge in [0.05, 0.1) is 12.1 Å². The Morgan fingerprint density at radius 2 is 1.25 bits per heavy atom. The van der Waals surface area contributed by atoms with Crippen LogP contribution in [0.2, 0.25) is 0 Å². The molecule has 0 radical (unpaired) electrons. The molecule has 0 aromatic rings. The summed E-state index contributed by atoms with van der Waals surface area (Å²) in [4.78, 5) is 0. The van der Waals surface area contributed by atoms with Crippen LogP contribution in [0.5, 0.6) is 0 Å². The Bertz CT molecular complexity index is 73.9. The lowest BCUT2D eigenvalue weighted by molar-refractivity contribution is -0.709. The average Bonchev–Trinajstić information content (AvgIpc) is 1.85. The third kappa shape index (κ3) is 22.5. The van der Waals surface area contributed by atoms with E-state index in [1.807, 2.05) is 6.92 Å². The van der Waals surface area contributed by atoms with Crippen molar-refractivity contribution in [2.45, 2.75) is 66.2 Å². The molecule has 2 heteroatoms. The molecule has 0 saturated carbocycles. The molecule has 0 aliphatic rings. The molecule has 0 spiro atoms. The standard InChI is InChI=1S/C6H15N.C4H9O/c1-5(2)7-6(3)4;1-3-4(2)5/h5-7H,1-4H3;4H,3H2,1-2H3/q;-1/p+1. The number of quaternary nitrogens is 1. The zero-order valence-corrected chi connectivity index (χ0v) is 9.42. The lowest BCUT2D eigenvalue weighted by Gasteiger charge is -2.09. The number of hydrogen-bond acceptors (Lipinski definition) is 1. The largest absolute Gasteiger partial charge is 0.852 e. The summed E-state index contributed by atoms with van der Waals surface area (Å²) >= 11 is 0. The van der Waals surface area contributed by atoms with Crippen LogP contribution in [0.25, 0.3) is 0 Å². The van der Waals surface area contributed by atoms with E-state index < -0.39 is 0 Å². The van der Waals surface area contributed by atoms with Gasteiger partial charge in [0.1, 0.15) is 0 Å². The summed E-state index contributed by atoms with van der Waals surface area (Å²) in [5.41, 5.74) is 0. The van der Waals surface area contributed by atoms with Crippen LogP contribution in [0.1, 0.15) is 48.0 Å². The van der Waals surface area contributed by atoms with Crippen molar-refractivity contribution in [2.24, 2.45) is 0 Å². The predicted octanol–water partition coefficient (Wildman–Crippen LogP) is 0.512. The van der Waals surface area contributed by atoms with Gasteiger partial charge in [0.25, 0.3) is 0 Å². The highest BCUT2D eigenvalue weighted by Gasteiger charge is 1.96. The van der Waals surface area contributed by atoms with E-state index in [4.69, 9.17) is 0 Å². The van der Waals surface area contributed by atoms with E-state index in [-0.39, 0.29) is 6.10 Å². The lowest BCUT2D eigenvalue weighted by atomic mass is 10.3. The second kappa shape index (κ2) is 9.01. The molecule has 76 valence electrons. The Hall–Kier alpha value is -0.0800. The smallest absolute Gasteiger partial charge is 0.0803 e. The fraction of sp³-hybridized carbons (Fsp3) is 1.00. The van der Waals surface area contributed by atoms with Gasteiger partial charge in [-0.3, -0.25) is 0 Å². The molecular formula is C10H25NO. The van der Waals surface area contributed by atoms with Gasteiger partial charge in [-0.25, -0.2) is 0 Å². The molecule has 0 aliphatic heterocycles. The number of nitrogens with two attached hydrogens (primary N) is 1. The molecule has 0 fully saturated rings. The van der Waals surface area contributed by atoms with Gasteiger partial charge >= 0.3 is 0 Å². The van der Waals surface area contributed by atoms with E-state index in [2.05, 4.69) is 33.0 Å². The van der Waals surface area contributed by atoms with Crippen molar-refractivity contribution >= 4 is 0 Å². The Morgan fingerprint density at radius 3 is 1.25 bits per heavy atom. The SMILES string of the molecule is CC(C)[NH2+]C(C)C.CCC(C)[O-]. The first kappa shape index (κ1) is 14.4. The van der Waals surface area contributed by atoms with Crippen LogP contribution in [0.3, 0.4) is 0 Å². The maximum absolute atomic E-state index is 9.90. The summed E-state index contributed by atoms with van der Waals surface area (Å²) in [6.07, 6.45) is 0.384. The normalized spacial score (nSPS) is 12.8. The molecule has 12 heavy (non-hydrogen) atoms. The quantitative estimate of drug-likeness (QED) is 0.667. The molecule has 0 rings (SSSR count). The topological polar surface area (TPSA) is 39.7 Å². The Kier molecular flexibility index (Phi) is 10.8. The second-order valence-corrected chi connectivity index (χ2v) is 3.90. The fourth-order valence-corrected chi connectivity index (χ4v) is 0.770. The van der Waals surface area contributed by atoms with Crippen molar-refractivity contribution < 1.29 is 10.4 Å². The summed E-state index contributed by atoms with van der Waals surface area (Å²) < 4.78 is 0. The van der Waals surface area contributed by atoms with E-state index >= 15 is 0 Å². The Morgan fingerprint density at radius 1 is 1.00 bits per heavy atom. The molecule has 0 saturated heterocycles. The van der Waals surface area contributed by atoms with Gasteiger partial charge < -0.3 is 10.4 Å². The van der Waals surface area contributed by atoms with Crippen molar-refractivity contribution in [2.75, 3.05) is 0 Å². The highest BCUT2D eigenvalue weighted by Crippen LogP contribution is 1.76. The molecule has 0 heterocycles. The van der Waals surface area contributed by atoms with Crippen LogP contribution in [-0.4, -0.2) is 18.2 Å². The van der Waals surface area contributed by atoms with Crippen LogP contribution in [-0.2, 0) is 0 Å². The van der Waals surface area contributed by atoms with Crippen molar-refractivity contribution in [3.63, 3.8) is 0 Å². The van der Waals surface area contributed by atoms with Crippen LogP contribution in [0.4, 0.5) is 0 Å². The van der Waals surface area contributed by atoms with E-state index in [1.165, 1.54) is 0 Å². The minimum absolute atomic E-state index is 0.366. The number of rotatable bonds is 3. The number of hydrogen-bond donors (Lipinski definition) is 1. The summed E-state index contributed by atoms with van der Waals surface area (Å²) in [6, 6.07) is 1.50. The molecule has 0 aliphatic carbocycles. The Labute approximate surface area is 77.4 Å². The molecule has 0 amide bonds. The molecule has 2 nitrogen and oxygen atoms in total. The first-order chi connectivity index (χ1) is 5.40. The summed E-state index contributed by atoms with van der Waals surface area (Å²) in [6.45, 7) is 12.4. The maximum atomic E-state index is 9.90. The van der Waals surface area contributed by atoms with Crippen molar-refractivity contribution in [1.29, 1.82) is 0 Å². The van der Waals surface area contributed by atoms with E-state index in [9.17, 15) is 5.11 Å². The van der Waals surface area contributed by atoms with Crippen molar-refractivity contribution in [3.8, 4) is 0 Å². The first-order valence-corrected chi connectivity index (χ1v) is 4.90. The van der Waals surface area contributed by atoms with E-state index in [0.717, 1.165) is 18.5 Å². The predicted molar refractivity (Wildman–Crippen MR) is 52.0 cm³/mol. The fourth-order valence-electron chi connectivity index (χ4n) is 0.770. The third-order valence-corrected chi connectivity index (χ3v) is 1.34. The van der Waals surface area contributed by atoms with Crippen molar-refractivity contribution in [1.82, 2.24) is 0 Å². The van der Waals surface area contributed by atoms with Gasteiger partial charge in [0.15, 0.2) is 0 Å². The first-order valence-electron chi connectivity index (χ1n) is 4.90. The minimum atomic E-state index is -0.366. The maximum Gasteiger partial charge on any atom is 0.0803 e. The molecule has 0 aromatic heterocycles. The zero-order chi connectivity index (χ0) is 10.1. The molecule has 1 atom stereocenters. The van der Waals surface area contributed by atoms with E-state index in [0.29, 0.717) is 0 Å². The molecule has 0 aromatic carbocycles. The third-order valence-electron chi connectivity index (χ3n) is 1.34. The summed E-state index contributed by atoms with van der Waals surface area (Å²) in [7, 11) is 0. The van der Waals surface area contributed by atoms with Crippen LogP contribution in [0.15, 0.2) is 0 Å². The van der Waals surface area contributed by atoms with Gasteiger partial charge in [0, 0.05) is 0 Å². The van der Waals surface area contributed by atoms with Crippen LogP contribution in [0, 0.1) is 0 Å². The highest BCUT2D eigenvalue weighted by atomic mass is 16.3. The lowest BCUT2D eigenvalue weighted by Crippen LogP contribution is -2.92. The second-order valence-electron chi connectivity index (χ2n) is 3.90. The molecule has 0 bridgehead atoms. The molecule has 1 unspecified atom stereocenters. The summed E-state index contributed by atoms with van der Waals surface area (Å²) in [5.74, 6) is 0. The van der Waals surface area contributed by atoms with Crippen LogP contribution >= 0.6 is 0 Å². The van der Waals surface area contributed by atoms with Gasteiger partial charge in [-0.05, 0) is 27.7 Å². The molecule has 2 N–H and O–H groups in total. The van der Waals surface area contributed by atoms with Gasteiger partial charge in [-0.2, -0.15) is 0 Å². The van der Waals surface area contributed by atoms with Crippen molar-refractivity contribution in [3.05, 3.63) is 0 Å². The zero-order valence-electron chi connectivity index (χ0n) is 9.42. The van der Waals surface area contributed by atoms with Gasteiger partial charge in [-0.15, -0.1) is 6.10 Å². The average molecular weight is 175 g/mol. The highest BCUT2D eigenvalue weighted by molar-refractivity contribution is 4.32. The van der Waals surface area contributed by atoms with E-state index in [1.54, 1.807) is 6.92 Å². The molecular weight excluding hydrogens is 150 g/mol. The minimum Gasteiger partial charge on any atom is -0.852 e.